The SMILES string of the molecule is CCCC(CNC(=O)CCc1ncc(-c2ccc(F)cc2F)o1)C(=O)O. The number of rotatable bonds is 9. The zero-order valence-electron chi connectivity index (χ0n) is 14.3. The Kier molecular flexibility index (Phi) is 6.82. The van der Waals surface area contributed by atoms with Gasteiger partial charge in [-0.3, -0.25) is 9.59 Å². The van der Waals surface area contributed by atoms with Gasteiger partial charge in [0.05, 0.1) is 17.7 Å². The Labute approximate surface area is 149 Å². The van der Waals surface area contributed by atoms with Crippen LogP contribution < -0.4 is 5.32 Å². The predicted octanol–water partition coefficient (Wildman–Crippen LogP) is 3.17. The number of halogens is 2. The molecule has 0 saturated carbocycles. The van der Waals surface area contributed by atoms with E-state index in [9.17, 15) is 18.4 Å². The fourth-order valence-electron chi connectivity index (χ4n) is 2.45. The molecule has 2 N–H and O–H groups in total. The fourth-order valence-corrected chi connectivity index (χ4v) is 2.45. The molecule has 0 spiro atoms. The lowest BCUT2D eigenvalue weighted by Crippen LogP contribution is -2.33. The van der Waals surface area contributed by atoms with Crippen LogP contribution in [0.3, 0.4) is 0 Å². The Hall–Kier alpha value is -2.77. The van der Waals surface area contributed by atoms with E-state index in [1.54, 1.807) is 0 Å². The van der Waals surface area contributed by atoms with Gasteiger partial charge in [-0.2, -0.15) is 0 Å². The molecule has 2 aromatic rings. The van der Waals surface area contributed by atoms with E-state index in [1.165, 1.54) is 12.3 Å². The second kappa shape index (κ2) is 9.07. The normalized spacial score (nSPS) is 12.0. The van der Waals surface area contributed by atoms with Crippen LogP contribution >= 0.6 is 0 Å². The molecule has 8 heteroatoms. The van der Waals surface area contributed by atoms with Crippen molar-refractivity contribution in [1.29, 1.82) is 0 Å². The first-order valence-electron chi connectivity index (χ1n) is 8.30. The second-order valence-electron chi connectivity index (χ2n) is 5.87. The average molecular weight is 366 g/mol. The van der Waals surface area contributed by atoms with Crippen molar-refractivity contribution >= 4 is 11.9 Å². The molecular weight excluding hydrogens is 346 g/mol. The quantitative estimate of drug-likeness (QED) is 0.711. The van der Waals surface area contributed by atoms with Gasteiger partial charge in [0.2, 0.25) is 5.91 Å². The number of hydrogen-bond acceptors (Lipinski definition) is 4. The van der Waals surface area contributed by atoms with Crippen molar-refractivity contribution in [1.82, 2.24) is 10.3 Å². The maximum absolute atomic E-state index is 13.7. The van der Waals surface area contributed by atoms with Crippen LogP contribution in [-0.4, -0.2) is 28.5 Å². The molecule has 2 rings (SSSR count). The summed E-state index contributed by atoms with van der Waals surface area (Å²) in [5, 5.41) is 11.6. The minimum Gasteiger partial charge on any atom is -0.481 e. The maximum Gasteiger partial charge on any atom is 0.308 e. The summed E-state index contributed by atoms with van der Waals surface area (Å²) < 4.78 is 32.1. The number of aliphatic carboxylic acids is 1. The number of amides is 1. The first-order valence-corrected chi connectivity index (χ1v) is 8.30. The number of aryl methyl sites for hydroxylation is 1. The van der Waals surface area contributed by atoms with Crippen molar-refractivity contribution in [3.63, 3.8) is 0 Å². The first kappa shape index (κ1) is 19.6. The Bertz CT molecular complexity index is 776. The van der Waals surface area contributed by atoms with Crippen LogP contribution in [0.15, 0.2) is 28.8 Å². The smallest absolute Gasteiger partial charge is 0.308 e. The predicted molar refractivity (Wildman–Crippen MR) is 89.2 cm³/mol. The van der Waals surface area contributed by atoms with Gasteiger partial charge in [-0.1, -0.05) is 13.3 Å². The summed E-state index contributed by atoms with van der Waals surface area (Å²) >= 11 is 0. The van der Waals surface area contributed by atoms with Crippen molar-refractivity contribution in [2.45, 2.75) is 32.6 Å². The molecule has 1 aromatic heterocycles. The maximum atomic E-state index is 13.7. The van der Waals surface area contributed by atoms with E-state index in [0.717, 1.165) is 12.1 Å². The molecule has 26 heavy (non-hydrogen) atoms. The molecule has 1 heterocycles. The lowest BCUT2D eigenvalue weighted by Gasteiger charge is -2.11. The molecule has 0 aliphatic rings. The van der Waals surface area contributed by atoms with Gasteiger partial charge < -0.3 is 14.8 Å². The van der Waals surface area contributed by atoms with Gasteiger partial charge in [-0.05, 0) is 18.6 Å². The van der Waals surface area contributed by atoms with E-state index in [4.69, 9.17) is 9.52 Å². The third-order valence-electron chi connectivity index (χ3n) is 3.85. The number of benzene rings is 1. The number of oxazole rings is 1. The van der Waals surface area contributed by atoms with Crippen molar-refractivity contribution in [2.24, 2.45) is 5.92 Å². The van der Waals surface area contributed by atoms with Crippen molar-refractivity contribution < 1.29 is 27.9 Å². The summed E-state index contributed by atoms with van der Waals surface area (Å²) in [4.78, 5) is 26.9. The Morgan fingerprint density at radius 2 is 2.12 bits per heavy atom. The second-order valence-corrected chi connectivity index (χ2v) is 5.87. The molecule has 0 bridgehead atoms. The summed E-state index contributed by atoms with van der Waals surface area (Å²) in [6.07, 6.45) is 2.75. The highest BCUT2D eigenvalue weighted by Crippen LogP contribution is 2.24. The van der Waals surface area contributed by atoms with Crippen molar-refractivity contribution in [2.75, 3.05) is 6.54 Å². The van der Waals surface area contributed by atoms with E-state index in [0.29, 0.717) is 12.8 Å². The number of carbonyl (C=O) groups is 2. The highest BCUT2D eigenvalue weighted by atomic mass is 19.1. The molecule has 0 radical (unpaired) electrons. The van der Waals surface area contributed by atoms with Crippen LogP contribution in [0.25, 0.3) is 11.3 Å². The Morgan fingerprint density at radius 3 is 2.77 bits per heavy atom. The Morgan fingerprint density at radius 1 is 1.35 bits per heavy atom. The minimum absolute atomic E-state index is 0.0598. The van der Waals surface area contributed by atoms with Crippen LogP contribution in [-0.2, 0) is 16.0 Å². The van der Waals surface area contributed by atoms with E-state index < -0.39 is 23.5 Å². The summed E-state index contributed by atoms with van der Waals surface area (Å²) in [6, 6.07) is 3.12. The standard InChI is InChI=1S/C18H20F2N2O4/c1-2-3-11(18(24)25)9-21-16(23)6-7-17-22-10-15(26-17)13-5-4-12(19)8-14(13)20/h4-5,8,10-11H,2-3,6-7,9H2,1H3,(H,21,23)(H,24,25). The lowest BCUT2D eigenvalue weighted by atomic mass is 10.0. The number of carboxylic acids is 1. The van der Waals surface area contributed by atoms with Gasteiger partial charge in [-0.25, -0.2) is 13.8 Å². The van der Waals surface area contributed by atoms with Crippen molar-refractivity contribution in [3.05, 3.63) is 41.9 Å². The number of nitrogens with zero attached hydrogens (tertiary/aromatic N) is 1. The van der Waals surface area contributed by atoms with Gasteiger partial charge in [0.15, 0.2) is 11.7 Å². The van der Waals surface area contributed by atoms with Gasteiger partial charge in [-0.15, -0.1) is 0 Å². The van der Waals surface area contributed by atoms with E-state index in [-0.39, 0.29) is 42.5 Å². The molecule has 1 amide bonds. The molecule has 0 aliphatic heterocycles. The van der Waals surface area contributed by atoms with Crippen LogP contribution in [0.4, 0.5) is 8.78 Å². The Balaban J connectivity index is 1.87. The average Bonchev–Trinajstić information content (AvgIpc) is 3.05. The third kappa shape index (κ3) is 5.37. The molecule has 1 aromatic carbocycles. The molecule has 140 valence electrons. The molecule has 6 nitrogen and oxygen atoms in total. The zero-order valence-corrected chi connectivity index (χ0v) is 14.3. The summed E-state index contributed by atoms with van der Waals surface area (Å²) in [5.41, 5.74) is 0.0819. The highest BCUT2D eigenvalue weighted by molar-refractivity contribution is 5.77. The number of nitrogens with one attached hydrogen (secondary N) is 1. The van der Waals surface area contributed by atoms with Gasteiger partial charge in [0.25, 0.3) is 0 Å². The van der Waals surface area contributed by atoms with Gasteiger partial charge in [0, 0.05) is 25.5 Å². The number of carboxylic acid groups (broad SMARTS) is 1. The van der Waals surface area contributed by atoms with E-state index >= 15 is 0 Å². The summed E-state index contributed by atoms with van der Waals surface area (Å²) in [6.45, 7) is 1.95. The molecule has 0 aliphatic carbocycles. The number of hydrogen-bond donors (Lipinski definition) is 2. The summed E-state index contributed by atoms with van der Waals surface area (Å²) in [5.74, 6) is -2.94. The lowest BCUT2D eigenvalue weighted by molar-refractivity contribution is -0.141. The van der Waals surface area contributed by atoms with Crippen LogP contribution in [0.5, 0.6) is 0 Å². The fraction of sp³-hybridized carbons (Fsp3) is 0.389. The molecule has 0 saturated heterocycles. The monoisotopic (exact) mass is 366 g/mol. The highest BCUT2D eigenvalue weighted by Gasteiger charge is 2.18. The van der Waals surface area contributed by atoms with Crippen LogP contribution in [0.2, 0.25) is 0 Å². The topological polar surface area (TPSA) is 92.4 Å². The third-order valence-corrected chi connectivity index (χ3v) is 3.85. The van der Waals surface area contributed by atoms with Crippen LogP contribution in [0.1, 0.15) is 32.1 Å². The summed E-state index contributed by atoms with van der Waals surface area (Å²) in [7, 11) is 0. The molecule has 1 unspecified atom stereocenters. The van der Waals surface area contributed by atoms with Gasteiger partial charge in [0.1, 0.15) is 11.6 Å². The molecular formula is C18H20F2N2O4. The zero-order chi connectivity index (χ0) is 19.1. The van der Waals surface area contributed by atoms with E-state index in [1.807, 2.05) is 6.92 Å². The molecule has 1 atom stereocenters. The van der Waals surface area contributed by atoms with E-state index in [2.05, 4.69) is 10.3 Å². The number of aromatic nitrogens is 1. The number of carbonyl (C=O) groups excluding carboxylic acids is 1. The largest absolute Gasteiger partial charge is 0.481 e. The first-order chi connectivity index (χ1) is 12.4. The van der Waals surface area contributed by atoms with Crippen molar-refractivity contribution in [3.8, 4) is 11.3 Å². The minimum atomic E-state index is -0.939. The van der Waals surface area contributed by atoms with Gasteiger partial charge >= 0.3 is 5.97 Å². The van der Waals surface area contributed by atoms with Crippen LogP contribution in [0, 0.1) is 17.6 Å². The molecule has 0 fully saturated rings.